The van der Waals surface area contributed by atoms with Gasteiger partial charge in [-0.3, -0.25) is 0 Å². The van der Waals surface area contributed by atoms with Gasteiger partial charge in [0.15, 0.2) is 0 Å². The first-order valence-corrected chi connectivity index (χ1v) is 4.54. The molecule has 0 bridgehead atoms. The van der Waals surface area contributed by atoms with Gasteiger partial charge in [-0.05, 0) is 12.3 Å². The van der Waals surface area contributed by atoms with Crippen molar-refractivity contribution in [2.24, 2.45) is 11.7 Å². The molecule has 0 aliphatic heterocycles. The zero-order valence-electron chi connectivity index (χ0n) is 7.55. The van der Waals surface area contributed by atoms with Crippen LogP contribution in [-0.4, -0.2) is 12.3 Å². The van der Waals surface area contributed by atoms with Gasteiger partial charge in [0.25, 0.3) is 0 Å². The van der Waals surface area contributed by atoms with Gasteiger partial charge in [0.1, 0.15) is 6.29 Å². The minimum Gasteiger partial charge on any atom is -0.322 e. The molecule has 0 heterocycles. The maximum absolute atomic E-state index is 10.1. The minimum absolute atomic E-state index is 0. The van der Waals surface area contributed by atoms with Crippen LogP contribution >= 0.6 is 0 Å². The molecule has 0 unspecified atom stereocenters. The molecular weight excluding hydrogens is 138 g/mol. The van der Waals surface area contributed by atoms with Gasteiger partial charge in [-0.15, -0.1) is 0 Å². The number of carbonyl (C=O) groups excluding carboxylic acids is 1. The number of hydrogen-bond acceptors (Lipinski definition) is 2. The summed E-state index contributed by atoms with van der Waals surface area (Å²) in [6.07, 6.45) is 5.64. The molecular formula is C9H21NO. The van der Waals surface area contributed by atoms with Crippen molar-refractivity contribution < 1.29 is 6.22 Å². The first kappa shape index (κ1) is 10.6. The van der Waals surface area contributed by atoms with E-state index in [0.29, 0.717) is 0 Å². The van der Waals surface area contributed by atoms with Gasteiger partial charge in [-0.2, -0.15) is 0 Å². The monoisotopic (exact) mass is 159 g/mol. The Kier molecular flexibility index (Phi) is 6.13. The molecule has 0 aromatic carbocycles. The van der Waals surface area contributed by atoms with Crippen LogP contribution < -0.4 is 5.73 Å². The molecule has 0 amide bonds. The Morgan fingerprint density at radius 2 is 2.18 bits per heavy atom. The Labute approximate surface area is 70.6 Å². The van der Waals surface area contributed by atoms with E-state index in [1.807, 2.05) is 13.8 Å². The molecule has 1 rings (SSSR count). The second-order valence-corrected chi connectivity index (χ2v) is 2.83. The smallest absolute Gasteiger partial charge is 0.136 e. The summed E-state index contributed by atoms with van der Waals surface area (Å²) in [6.45, 7) is 4.00. The molecule has 1 aliphatic carbocycles. The van der Waals surface area contributed by atoms with E-state index < -0.39 is 0 Å². The maximum atomic E-state index is 10.1. The molecule has 0 radical (unpaired) electrons. The summed E-state index contributed by atoms with van der Waals surface area (Å²) in [4.78, 5) is 10.1. The summed E-state index contributed by atoms with van der Waals surface area (Å²) in [5, 5.41) is 0. The van der Waals surface area contributed by atoms with Crippen molar-refractivity contribution >= 4 is 6.29 Å². The normalized spacial score (nSPS) is 19.2. The van der Waals surface area contributed by atoms with Crippen LogP contribution in [0.5, 0.6) is 0 Å². The summed E-state index contributed by atoms with van der Waals surface area (Å²) in [5.41, 5.74) is 5.42. The van der Waals surface area contributed by atoms with Crippen LogP contribution in [0.25, 0.3) is 0 Å². The first-order chi connectivity index (χ1) is 5.33. The number of aldehydes is 1. The lowest BCUT2D eigenvalue weighted by Gasteiger charge is -2.26. The molecule has 11 heavy (non-hydrogen) atoms. The highest BCUT2D eigenvalue weighted by molar-refractivity contribution is 5.56. The molecule has 1 aliphatic rings. The largest absolute Gasteiger partial charge is 0.322 e. The lowest BCUT2D eigenvalue weighted by molar-refractivity contribution is -0.109. The average Bonchev–Trinajstić information content (AvgIpc) is 2.00. The second-order valence-electron chi connectivity index (χ2n) is 2.83. The van der Waals surface area contributed by atoms with Crippen molar-refractivity contribution in [3.63, 3.8) is 0 Å². The van der Waals surface area contributed by atoms with Crippen LogP contribution in [-0.2, 0) is 4.79 Å². The van der Waals surface area contributed by atoms with E-state index in [1.54, 1.807) is 0 Å². The molecule has 2 N–H and O–H groups in total. The van der Waals surface area contributed by atoms with Crippen molar-refractivity contribution in [2.45, 2.75) is 45.6 Å². The summed E-state index contributed by atoms with van der Waals surface area (Å²) >= 11 is 0. The summed E-state index contributed by atoms with van der Waals surface area (Å²) in [5.74, 6) is 0.755. The third kappa shape index (κ3) is 4.14. The fourth-order valence-electron chi connectivity index (χ4n) is 1.17. The lowest BCUT2D eigenvalue weighted by Crippen LogP contribution is -2.27. The van der Waals surface area contributed by atoms with Crippen LogP contribution in [0, 0.1) is 5.92 Å². The third-order valence-corrected chi connectivity index (χ3v) is 2.01. The molecule has 0 aromatic heterocycles. The second kappa shape index (κ2) is 6.35. The van der Waals surface area contributed by atoms with Crippen molar-refractivity contribution in [2.75, 3.05) is 0 Å². The molecule has 0 aromatic rings. The predicted molar refractivity (Wildman–Crippen MR) is 49.5 cm³/mol. The summed E-state index contributed by atoms with van der Waals surface area (Å²) in [7, 11) is 0. The molecule has 0 saturated heterocycles. The van der Waals surface area contributed by atoms with E-state index in [1.165, 1.54) is 19.3 Å². The fourth-order valence-corrected chi connectivity index (χ4v) is 1.17. The topological polar surface area (TPSA) is 43.1 Å². The fraction of sp³-hybridized carbons (Fsp3) is 0.889. The van der Waals surface area contributed by atoms with Gasteiger partial charge in [0.05, 0.1) is 6.04 Å². The van der Waals surface area contributed by atoms with Crippen LogP contribution in [0.2, 0.25) is 0 Å². The molecule has 1 saturated carbocycles. The van der Waals surface area contributed by atoms with E-state index in [9.17, 15) is 4.79 Å². The minimum atomic E-state index is -0.199. The average molecular weight is 159 g/mol. The van der Waals surface area contributed by atoms with Crippen LogP contribution in [0.3, 0.4) is 0 Å². The maximum Gasteiger partial charge on any atom is 0.136 e. The third-order valence-electron chi connectivity index (χ3n) is 2.01. The van der Waals surface area contributed by atoms with Gasteiger partial charge in [-0.25, -0.2) is 0 Å². The van der Waals surface area contributed by atoms with Crippen LogP contribution in [0.4, 0.5) is 0 Å². The van der Waals surface area contributed by atoms with Gasteiger partial charge < -0.3 is 10.5 Å². The number of hydrogen-bond donors (Lipinski definition) is 1. The van der Waals surface area contributed by atoms with E-state index in [0.717, 1.165) is 18.6 Å². The Morgan fingerprint density at radius 3 is 2.45 bits per heavy atom. The SMILES string of the molecule is CC.N[C@H](C=O)CC1CCC1.[HH]. The van der Waals surface area contributed by atoms with Crippen molar-refractivity contribution in [3.05, 3.63) is 0 Å². The molecule has 1 fully saturated rings. The molecule has 2 nitrogen and oxygen atoms in total. The lowest BCUT2D eigenvalue weighted by atomic mass is 9.81. The zero-order valence-corrected chi connectivity index (χ0v) is 7.55. The zero-order chi connectivity index (χ0) is 8.69. The van der Waals surface area contributed by atoms with Crippen LogP contribution in [0.15, 0.2) is 0 Å². The van der Waals surface area contributed by atoms with E-state index in [2.05, 4.69) is 0 Å². The van der Waals surface area contributed by atoms with Crippen molar-refractivity contribution in [1.29, 1.82) is 0 Å². The number of rotatable bonds is 3. The van der Waals surface area contributed by atoms with Gasteiger partial charge >= 0.3 is 0 Å². The Balaban J connectivity index is 0. The first-order valence-electron chi connectivity index (χ1n) is 4.54. The highest BCUT2D eigenvalue weighted by atomic mass is 16.1. The highest BCUT2D eigenvalue weighted by Gasteiger charge is 2.19. The highest BCUT2D eigenvalue weighted by Crippen LogP contribution is 2.29. The predicted octanol–water partition coefficient (Wildman–Crippen LogP) is 1.97. The molecule has 2 heteroatoms. The van der Waals surface area contributed by atoms with E-state index in [4.69, 9.17) is 5.73 Å². The Bertz CT molecular complexity index is 105. The number of nitrogens with two attached hydrogens (primary N) is 1. The van der Waals surface area contributed by atoms with Gasteiger partial charge in [0.2, 0.25) is 0 Å². The van der Waals surface area contributed by atoms with Gasteiger partial charge in [0, 0.05) is 1.43 Å². The summed E-state index contributed by atoms with van der Waals surface area (Å²) < 4.78 is 0. The van der Waals surface area contributed by atoms with E-state index >= 15 is 0 Å². The number of carbonyl (C=O) groups is 1. The molecule has 68 valence electrons. The Hall–Kier alpha value is -0.370. The molecule has 1 atom stereocenters. The Morgan fingerprint density at radius 1 is 1.64 bits per heavy atom. The summed E-state index contributed by atoms with van der Waals surface area (Å²) in [6, 6.07) is -0.199. The van der Waals surface area contributed by atoms with Crippen molar-refractivity contribution in [3.8, 4) is 0 Å². The van der Waals surface area contributed by atoms with E-state index in [-0.39, 0.29) is 7.47 Å². The standard InChI is InChI=1S/C7H13NO.C2H6.H2/c8-7(5-9)4-6-2-1-3-6;1-2;/h5-7H,1-4,8H2;1-2H3;1H/t7-;;/m0../s1. The van der Waals surface area contributed by atoms with Crippen molar-refractivity contribution in [1.82, 2.24) is 0 Å². The quantitative estimate of drug-likeness (QED) is 0.640. The van der Waals surface area contributed by atoms with Crippen LogP contribution in [0.1, 0.15) is 41.0 Å². The molecule has 0 spiro atoms. The van der Waals surface area contributed by atoms with Gasteiger partial charge in [-0.1, -0.05) is 33.1 Å².